The highest BCUT2D eigenvalue weighted by molar-refractivity contribution is 5.90. The van der Waals surface area contributed by atoms with Crippen LogP contribution in [-0.4, -0.2) is 49.9 Å². The molecule has 3 aliphatic rings. The van der Waals surface area contributed by atoms with Crippen molar-refractivity contribution in [2.75, 3.05) is 23.8 Å². The van der Waals surface area contributed by atoms with E-state index in [0.717, 1.165) is 56.6 Å². The van der Waals surface area contributed by atoms with Crippen LogP contribution in [0.1, 0.15) is 48.9 Å². The number of carbonyl (C=O) groups excluding carboxylic acids is 1. The molecule has 9 nitrogen and oxygen atoms in total. The minimum atomic E-state index is -0.347. The highest BCUT2D eigenvalue weighted by Gasteiger charge is 2.52. The van der Waals surface area contributed by atoms with Gasteiger partial charge in [0.05, 0.1) is 36.2 Å². The molecule has 1 spiro atoms. The Bertz CT molecular complexity index is 1240. The van der Waals surface area contributed by atoms with Crippen molar-refractivity contribution in [3.05, 3.63) is 65.5 Å². The fraction of sp³-hybridized carbons (Fsp3) is 0.440. The van der Waals surface area contributed by atoms with Gasteiger partial charge in [-0.25, -0.2) is 19.2 Å². The van der Waals surface area contributed by atoms with Gasteiger partial charge in [-0.05, 0) is 38.2 Å². The Morgan fingerprint density at radius 2 is 2.03 bits per heavy atom. The van der Waals surface area contributed by atoms with Crippen molar-refractivity contribution < 1.29 is 13.9 Å². The first-order valence-corrected chi connectivity index (χ1v) is 12.2. The van der Waals surface area contributed by atoms with E-state index in [1.165, 1.54) is 6.07 Å². The second-order valence-electron chi connectivity index (χ2n) is 9.50. The van der Waals surface area contributed by atoms with E-state index < -0.39 is 0 Å². The van der Waals surface area contributed by atoms with Gasteiger partial charge in [-0.15, -0.1) is 0 Å². The molecule has 4 heterocycles. The van der Waals surface area contributed by atoms with E-state index >= 15 is 0 Å². The molecule has 2 N–H and O–H groups in total. The second kappa shape index (κ2) is 8.92. The summed E-state index contributed by atoms with van der Waals surface area (Å²) >= 11 is 0. The quantitative estimate of drug-likeness (QED) is 0.579. The molecular formula is C25H28FN7O2. The Morgan fingerprint density at radius 1 is 1.20 bits per heavy atom. The number of hydrogen-bond acceptors (Lipinski definition) is 6. The zero-order valence-electron chi connectivity index (χ0n) is 19.4. The van der Waals surface area contributed by atoms with Crippen LogP contribution in [0.4, 0.5) is 20.8 Å². The van der Waals surface area contributed by atoms with Crippen LogP contribution < -0.4 is 10.6 Å². The molecule has 1 saturated heterocycles. The van der Waals surface area contributed by atoms with Crippen molar-refractivity contribution in [2.24, 2.45) is 0 Å². The fourth-order valence-corrected chi connectivity index (χ4v) is 5.29. The topological polar surface area (TPSA) is 97.2 Å². The van der Waals surface area contributed by atoms with Crippen LogP contribution in [0.5, 0.6) is 0 Å². The number of rotatable bonds is 5. The summed E-state index contributed by atoms with van der Waals surface area (Å²) in [5.41, 5.74) is 2.72. The van der Waals surface area contributed by atoms with Crippen LogP contribution >= 0.6 is 0 Å². The lowest BCUT2D eigenvalue weighted by Crippen LogP contribution is -2.50. The highest BCUT2D eigenvalue weighted by atomic mass is 19.1. The molecule has 1 aliphatic carbocycles. The zero-order valence-corrected chi connectivity index (χ0v) is 19.4. The van der Waals surface area contributed by atoms with Gasteiger partial charge < -0.3 is 20.3 Å². The van der Waals surface area contributed by atoms with Crippen LogP contribution in [0.2, 0.25) is 0 Å². The minimum Gasteiger partial charge on any atom is -0.381 e. The Balaban J connectivity index is 1.16. The van der Waals surface area contributed by atoms with E-state index in [0.29, 0.717) is 36.3 Å². The van der Waals surface area contributed by atoms with Gasteiger partial charge in [0.25, 0.3) is 0 Å². The van der Waals surface area contributed by atoms with Crippen LogP contribution in [0.25, 0.3) is 0 Å². The number of amides is 2. The molecule has 2 fully saturated rings. The van der Waals surface area contributed by atoms with Crippen LogP contribution in [0.15, 0.2) is 42.9 Å². The summed E-state index contributed by atoms with van der Waals surface area (Å²) in [4.78, 5) is 24.6. The Hall–Kier alpha value is -3.53. The van der Waals surface area contributed by atoms with Crippen molar-refractivity contribution in [3.63, 3.8) is 0 Å². The van der Waals surface area contributed by atoms with E-state index in [2.05, 4.69) is 20.7 Å². The van der Waals surface area contributed by atoms with Gasteiger partial charge in [0, 0.05) is 42.8 Å². The summed E-state index contributed by atoms with van der Waals surface area (Å²) in [6.07, 6.45) is 9.93. The lowest BCUT2D eigenvalue weighted by atomic mass is 9.73. The zero-order chi connectivity index (χ0) is 23.8. The maximum atomic E-state index is 14.0. The number of anilines is 2. The Morgan fingerprint density at radius 3 is 2.80 bits per heavy atom. The predicted molar refractivity (Wildman–Crippen MR) is 127 cm³/mol. The third-order valence-corrected chi connectivity index (χ3v) is 7.35. The standard InChI is InChI=1S/C25H28FN7O2/c26-21-5-2-1-4-17(21)14-32-15-19(12-28-32)30-24(34)33-16-22-20(25(33)8-3-9-25)13-27-23(31-22)29-18-6-10-35-11-7-18/h1-2,4-5,12-13,15,18H,3,6-11,14,16H2,(H,30,34)(H,27,29,31). The minimum absolute atomic E-state index is 0.188. The second-order valence-corrected chi connectivity index (χ2v) is 9.50. The number of fused-ring (bicyclic) bond motifs is 2. The molecule has 182 valence electrons. The average Bonchev–Trinajstić information content (AvgIpc) is 3.42. The van der Waals surface area contributed by atoms with E-state index in [-0.39, 0.29) is 17.4 Å². The molecule has 10 heteroatoms. The Kier molecular flexibility index (Phi) is 5.60. The van der Waals surface area contributed by atoms with E-state index in [1.807, 2.05) is 11.1 Å². The monoisotopic (exact) mass is 477 g/mol. The normalized spacial score (nSPS) is 18.8. The fourth-order valence-electron chi connectivity index (χ4n) is 5.29. The van der Waals surface area contributed by atoms with Gasteiger partial charge in [-0.2, -0.15) is 5.10 Å². The van der Waals surface area contributed by atoms with E-state index in [1.54, 1.807) is 35.3 Å². The summed E-state index contributed by atoms with van der Waals surface area (Å²) in [5.74, 6) is 0.337. The van der Waals surface area contributed by atoms with Gasteiger partial charge in [-0.1, -0.05) is 18.2 Å². The number of urea groups is 1. The SMILES string of the molecule is O=C(Nc1cnn(Cc2ccccc2F)c1)N1Cc2nc(NC3CCOCC3)ncc2C12CCC2. The first-order valence-electron chi connectivity index (χ1n) is 12.2. The van der Waals surface area contributed by atoms with Crippen LogP contribution in [0.3, 0.4) is 0 Å². The highest BCUT2D eigenvalue weighted by Crippen LogP contribution is 2.52. The number of hydrogen-bond donors (Lipinski definition) is 2. The molecular weight excluding hydrogens is 449 g/mol. The van der Waals surface area contributed by atoms with Crippen molar-refractivity contribution in [1.29, 1.82) is 0 Å². The van der Waals surface area contributed by atoms with Gasteiger partial charge >= 0.3 is 6.03 Å². The molecule has 0 bridgehead atoms. The van der Waals surface area contributed by atoms with Crippen molar-refractivity contribution in [3.8, 4) is 0 Å². The molecule has 2 amide bonds. The number of nitrogens with zero attached hydrogens (tertiary/aromatic N) is 5. The molecule has 1 aromatic carbocycles. The number of carbonyl (C=O) groups is 1. The third-order valence-electron chi connectivity index (χ3n) is 7.35. The lowest BCUT2D eigenvalue weighted by molar-refractivity contribution is 0.0624. The molecule has 0 atom stereocenters. The van der Waals surface area contributed by atoms with Crippen molar-refractivity contribution >= 4 is 17.7 Å². The average molecular weight is 478 g/mol. The molecule has 1 saturated carbocycles. The molecule has 3 aromatic rings. The predicted octanol–water partition coefficient (Wildman–Crippen LogP) is 3.88. The van der Waals surface area contributed by atoms with Gasteiger partial charge in [0.2, 0.25) is 5.95 Å². The first-order chi connectivity index (χ1) is 17.1. The summed E-state index contributed by atoms with van der Waals surface area (Å²) in [5, 5.41) is 10.7. The number of nitrogens with one attached hydrogen (secondary N) is 2. The molecule has 2 aromatic heterocycles. The van der Waals surface area contributed by atoms with Gasteiger partial charge in [0.1, 0.15) is 5.82 Å². The number of halogens is 1. The van der Waals surface area contributed by atoms with Crippen molar-refractivity contribution in [2.45, 2.75) is 56.8 Å². The van der Waals surface area contributed by atoms with Gasteiger partial charge in [-0.3, -0.25) is 4.68 Å². The number of aromatic nitrogens is 4. The molecule has 35 heavy (non-hydrogen) atoms. The maximum absolute atomic E-state index is 14.0. The molecule has 0 radical (unpaired) electrons. The van der Waals surface area contributed by atoms with Crippen molar-refractivity contribution in [1.82, 2.24) is 24.6 Å². The van der Waals surface area contributed by atoms with Crippen LogP contribution in [0, 0.1) is 5.82 Å². The largest absolute Gasteiger partial charge is 0.381 e. The Labute approximate surface area is 202 Å². The maximum Gasteiger partial charge on any atom is 0.323 e. The summed E-state index contributed by atoms with van der Waals surface area (Å²) in [6.45, 7) is 2.22. The smallest absolute Gasteiger partial charge is 0.323 e. The molecule has 0 unspecified atom stereocenters. The van der Waals surface area contributed by atoms with Gasteiger partial charge in [0.15, 0.2) is 0 Å². The summed E-state index contributed by atoms with van der Waals surface area (Å²) in [7, 11) is 0. The summed E-state index contributed by atoms with van der Waals surface area (Å²) < 4.78 is 21.0. The first kappa shape index (κ1) is 22.0. The molecule has 2 aliphatic heterocycles. The summed E-state index contributed by atoms with van der Waals surface area (Å²) in [6, 6.07) is 6.72. The van der Waals surface area contributed by atoms with E-state index in [9.17, 15) is 9.18 Å². The molecule has 6 rings (SSSR count). The van der Waals surface area contributed by atoms with E-state index in [4.69, 9.17) is 9.72 Å². The number of ether oxygens (including phenoxy) is 1. The third kappa shape index (κ3) is 4.12. The van der Waals surface area contributed by atoms with Crippen LogP contribution in [-0.2, 0) is 23.4 Å². The lowest BCUT2D eigenvalue weighted by Gasteiger charge is -2.45. The number of benzene rings is 1.